The summed E-state index contributed by atoms with van der Waals surface area (Å²) in [7, 11) is 0. The molecule has 0 bridgehead atoms. The van der Waals surface area contributed by atoms with Gasteiger partial charge in [0.2, 0.25) is 0 Å². The third-order valence-corrected chi connectivity index (χ3v) is 3.99. The van der Waals surface area contributed by atoms with E-state index in [2.05, 4.69) is 23.7 Å². The van der Waals surface area contributed by atoms with E-state index in [9.17, 15) is 4.79 Å². The van der Waals surface area contributed by atoms with Crippen LogP contribution in [0, 0.1) is 11.8 Å². The molecule has 0 radical (unpaired) electrons. The van der Waals surface area contributed by atoms with E-state index in [0.29, 0.717) is 18.2 Å². The van der Waals surface area contributed by atoms with Crippen molar-refractivity contribution in [2.45, 2.75) is 45.1 Å². The maximum Gasteiger partial charge on any atom is 0.255 e. The highest BCUT2D eigenvalue weighted by atomic mass is 16.2. The lowest BCUT2D eigenvalue weighted by Crippen LogP contribution is -2.43. The van der Waals surface area contributed by atoms with Crippen molar-refractivity contribution < 1.29 is 4.79 Å². The van der Waals surface area contributed by atoms with Crippen molar-refractivity contribution in [2.75, 3.05) is 13.1 Å². The summed E-state index contributed by atoms with van der Waals surface area (Å²) >= 11 is 0. The standard InChI is InChI=1S/C18H24N2O/c1-2-8-16-11-5-6-14-20(16)18(21)17-12-4-3-9-15(17)10-7-13-19/h3-4,9,12,16H,2,5-6,8,11,13-14,19H2,1H3. The molecule has 1 aromatic rings. The summed E-state index contributed by atoms with van der Waals surface area (Å²) in [5.41, 5.74) is 6.93. The van der Waals surface area contributed by atoms with Gasteiger partial charge in [-0.15, -0.1) is 0 Å². The predicted octanol–water partition coefficient (Wildman–Crippen LogP) is 2.79. The molecule has 1 aliphatic heterocycles. The number of benzene rings is 1. The third-order valence-electron chi connectivity index (χ3n) is 3.99. The Morgan fingerprint density at radius 1 is 1.38 bits per heavy atom. The van der Waals surface area contributed by atoms with Gasteiger partial charge in [-0.3, -0.25) is 4.79 Å². The number of nitrogens with two attached hydrogens (primary N) is 1. The maximum atomic E-state index is 12.9. The first kappa shape index (κ1) is 15.6. The van der Waals surface area contributed by atoms with E-state index in [0.717, 1.165) is 37.8 Å². The van der Waals surface area contributed by atoms with Crippen LogP contribution in [0.4, 0.5) is 0 Å². The molecule has 21 heavy (non-hydrogen) atoms. The Kier molecular flexibility index (Phi) is 5.83. The van der Waals surface area contributed by atoms with Gasteiger partial charge in [0.1, 0.15) is 0 Å². The van der Waals surface area contributed by atoms with E-state index >= 15 is 0 Å². The molecule has 2 rings (SSSR count). The molecule has 1 heterocycles. The van der Waals surface area contributed by atoms with Gasteiger partial charge in [-0.2, -0.15) is 0 Å². The number of hydrogen-bond donors (Lipinski definition) is 1. The molecule has 2 N–H and O–H groups in total. The average Bonchev–Trinajstić information content (AvgIpc) is 2.53. The van der Waals surface area contributed by atoms with Gasteiger partial charge < -0.3 is 10.6 Å². The predicted molar refractivity (Wildman–Crippen MR) is 86.0 cm³/mol. The van der Waals surface area contributed by atoms with Crippen molar-refractivity contribution in [1.29, 1.82) is 0 Å². The Bertz CT molecular complexity index is 540. The molecule has 1 unspecified atom stereocenters. The molecular formula is C18H24N2O. The summed E-state index contributed by atoms with van der Waals surface area (Å²) < 4.78 is 0. The molecule has 0 spiro atoms. The van der Waals surface area contributed by atoms with E-state index in [-0.39, 0.29) is 5.91 Å². The van der Waals surface area contributed by atoms with Crippen LogP contribution in [0.15, 0.2) is 24.3 Å². The van der Waals surface area contributed by atoms with Gasteiger partial charge in [-0.1, -0.05) is 37.3 Å². The molecule has 3 nitrogen and oxygen atoms in total. The van der Waals surface area contributed by atoms with E-state index in [1.54, 1.807) is 0 Å². The zero-order valence-electron chi connectivity index (χ0n) is 12.8. The van der Waals surface area contributed by atoms with Crippen molar-refractivity contribution in [1.82, 2.24) is 4.90 Å². The molecule has 1 atom stereocenters. The summed E-state index contributed by atoms with van der Waals surface area (Å²) in [6, 6.07) is 7.97. The van der Waals surface area contributed by atoms with Gasteiger partial charge in [0.15, 0.2) is 0 Å². The Labute approximate surface area is 127 Å². The minimum Gasteiger partial charge on any atom is -0.336 e. The van der Waals surface area contributed by atoms with Crippen LogP contribution in [-0.2, 0) is 0 Å². The molecule has 1 amide bonds. The lowest BCUT2D eigenvalue weighted by Gasteiger charge is -2.36. The number of likely N-dealkylation sites (tertiary alicyclic amines) is 1. The fraction of sp³-hybridized carbons (Fsp3) is 0.500. The normalized spacial score (nSPS) is 18.0. The van der Waals surface area contributed by atoms with Gasteiger partial charge >= 0.3 is 0 Å². The third kappa shape index (κ3) is 3.86. The lowest BCUT2D eigenvalue weighted by molar-refractivity contribution is 0.0600. The Balaban J connectivity index is 2.26. The monoisotopic (exact) mass is 284 g/mol. The quantitative estimate of drug-likeness (QED) is 0.868. The van der Waals surface area contributed by atoms with Crippen LogP contribution >= 0.6 is 0 Å². The van der Waals surface area contributed by atoms with Crippen LogP contribution in [-0.4, -0.2) is 29.9 Å². The molecule has 0 saturated carbocycles. The summed E-state index contributed by atoms with van der Waals surface area (Å²) in [6.45, 7) is 3.35. The molecule has 1 aliphatic rings. The minimum atomic E-state index is 0.120. The van der Waals surface area contributed by atoms with E-state index < -0.39 is 0 Å². The molecule has 1 saturated heterocycles. The van der Waals surface area contributed by atoms with E-state index in [1.807, 2.05) is 24.3 Å². The van der Waals surface area contributed by atoms with Crippen LogP contribution in [0.5, 0.6) is 0 Å². The zero-order valence-corrected chi connectivity index (χ0v) is 12.8. The van der Waals surface area contributed by atoms with Crippen molar-refractivity contribution in [3.8, 4) is 11.8 Å². The first-order valence-electron chi connectivity index (χ1n) is 7.86. The summed E-state index contributed by atoms with van der Waals surface area (Å²) in [4.78, 5) is 14.9. The van der Waals surface area contributed by atoms with Crippen molar-refractivity contribution in [2.24, 2.45) is 5.73 Å². The summed E-state index contributed by atoms with van der Waals surface area (Å²) in [6.07, 6.45) is 5.65. The van der Waals surface area contributed by atoms with Gasteiger partial charge in [0.25, 0.3) is 5.91 Å². The molecular weight excluding hydrogens is 260 g/mol. The highest BCUT2D eigenvalue weighted by Crippen LogP contribution is 2.23. The minimum absolute atomic E-state index is 0.120. The van der Waals surface area contributed by atoms with Crippen LogP contribution in [0.3, 0.4) is 0 Å². The van der Waals surface area contributed by atoms with Gasteiger partial charge in [-0.25, -0.2) is 0 Å². The van der Waals surface area contributed by atoms with Crippen LogP contribution in [0.2, 0.25) is 0 Å². The highest BCUT2D eigenvalue weighted by molar-refractivity contribution is 5.97. The Hall–Kier alpha value is -1.79. The smallest absolute Gasteiger partial charge is 0.255 e. The van der Waals surface area contributed by atoms with Crippen LogP contribution < -0.4 is 5.73 Å². The number of hydrogen-bond acceptors (Lipinski definition) is 2. The average molecular weight is 284 g/mol. The molecule has 0 aliphatic carbocycles. The second kappa shape index (κ2) is 7.85. The SMILES string of the molecule is CCCC1CCCCN1C(=O)c1ccccc1C#CCN. The molecule has 3 heteroatoms. The van der Waals surface area contributed by atoms with Crippen LogP contribution in [0.1, 0.15) is 54.9 Å². The van der Waals surface area contributed by atoms with Gasteiger partial charge in [-0.05, 0) is 37.8 Å². The van der Waals surface area contributed by atoms with Crippen molar-refractivity contribution in [3.05, 3.63) is 35.4 Å². The fourth-order valence-corrected chi connectivity index (χ4v) is 2.98. The summed E-state index contributed by atoms with van der Waals surface area (Å²) in [5, 5.41) is 0. The lowest BCUT2D eigenvalue weighted by atomic mass is 9.96. The maximum absolute atomic E-state index is 12.9. The number of piperidine rings is 1. The number of nitrogens with zero attached hydrogens (tertiary/aromatic N) is 1. The second-order valence-corrected chi connectivity index (χ2v) is 5.49. The number of rotatable bonds is 3. The first-order chi connectivity index (χ1) is 10.3. The van der Waals surface area contributed by atoms with E-state index in [4.69, 9.17) is 5.73 Å². The largest absolute Gasteiger partial charge is 0.336 e. The van der Waals surface area contributed by atoms with Crippen molar-refractivity contribution >= 4 is 5.91 Å². The number of carbonyl (C=O) groups excluding carboxylic acids is 1. The second-order valence-electron chi connectivity index (χ2n) is 5.49. The number of amides is 1. The highest BCUT2D eigenvalue weighted by Gasteiger charge is 2.27. The van der Waals surface area contributed by atoms with E-state index in [1.165, 1.54) is 6.42 Å². The molecule has 112 valence electrons. The molecule has 0 aromatic heterocycles. The summed E-state index contributed by atoms with van der Waals surface area (Å²) in [5.74, 6) is 5.98. The number of carbonyl (C=O) groups is 1. The Morgan fingerprint density at radius 2 is 2.19 bits per heavy atom. The van der Waals surface area contributed by atoms with Crippen molar-refractivity contribution in [3.63, 3.8) is 0 Å². The molecule has 1 aromatic carbocycles. The van der Waals surface area contributed by atoms with Crippen LogP contribution in [0.25, 0.3) is 0 Å². The Morgan fingerprint density at radius 3 is 2.95 bits per heavy atom. The topological polar surface area (TPSA) is 46.3 Å². The molecule has 1 fully saturated rings. The zero-order chi connectivity index (χ0) is 15.1. The van der Waals surface area contributed by atoms with Gasteiger partial charge in [0.05, 0.1) is 12.1 Å². The fourth-order valence-electron chi connectivity index (χ4n) is 2.98. The first-order valence-corrected chi connectivity index (χ1v) is 7.86. The van der Waals surface area contributed by atoms with Gasteiger partial charge in [0, 0.05) is 18.2 Å².